The van der Waals surface area contributed by atoms with Gasteiger partial charge in [-0.2, -0.15) is 0 Å². The lowest BCUT2D eigenvalue weighted by Crippen LogP contribution is -2.49. The summed E-state index contributed by atoms with van der Waals surface area (Å²) >= 11 is 0. The fraction of sp³-hybridized carbons (Fsp3) is 0.765. The number of rotatable bonds is 11. The Balaban J connectivity index is 4.96. The zero-order valence-electron chi connectivity index (χ0n) is 16.5. The van der Waals surface area contributed by atoms with Crippen molar-refractivity contribution in [3.63, 3.8) is 0 Å². The van der Waals surface area contributed by atoms with E-state index in [0.717, 1.165) is 0 Å². The zero-order valence-corrected chi connectivity index (χ0v) is 16.5. The van der Waals surface area contributed by atoms with Crippen molar-refractivity contribution in [1.82, 2.24) is 5.32 Å². The molecular formula is C17H29NO9. The Bertz CT molecular complexity index is 505. The van der Waals surface area contributed by atoms with Gasteiger partial charge in [-0.05, 0) is 20.8 Å². The predicted octanol–water partition coefficient (Wildman–Crippen LogP) is 1.80. The fourth-order valence-electron chi connectivity index (χ4n) is 1.91. The highest BCUT2D eigenvalue weighted by atomic mass is 16.7. The molecule has 0 saturated heterocycles. The number of esters is 1. The van der Waals surface area contributed by atoms with E-state index in [1.165, 1.54) is 0 Å². The van der Waals surface area contributed by atoms with Crippen molar-refractivity contribution in [2.45, 2.75) is 47.1 Å². The Labute approximate surface area is 158 Å². The van der Waals surface area contributed by atoms with Gasteiger partial charge in [0.1, 0.15) is 6.61 Å². The van der Waals surface area contributed by atoms with Gasteiger partial charge in [0.2, 0.25) is 0 Å². The first kappa shape index (κ1) is 24.5. The summed E-state index contributed by atoms with van der Waals surface area (Å²) in [5, 5.41) is 2.49. The van der Waals surface area contributed by atoms with Gasteiger partial charge in [-0.25, -0.2) is 9.59 Å². The first-order valence-corrected chi connectivity index (χ1v) is 8.74. The normalized spacial score (nSPS) is 11.7. The minimum Gasteiger partial charge on any atom is -0.466 e. The van der Waals surface area contributed by atoms with Gasteiger partial charge in [0, 0.05) is 12.0 Å². The SMILES string of the molecule is CCOC(=O)CCNC(=O)C(OC(=O)OCC)C(C)(C)COC(=O)OCC. The molecule has 1 amide bonds. The second kappa shape index (κ2) is 12.8. The molecule has 10 heteroatoms. The molecule has 1 N–H and O–H groups in total. The van der Waals surface area contributed by atoms with Crippen LogP contribution in [0.2, 0.25) is 0 Å². The van der Waals surface area contributed by atoms with Gasteiger partial charge in [-0.1, -0.05) is 13.8 Å². The lowest BCUT2D eigenvalue weighted by atomic mass is 9.86. The van der Waals surface area contributed by atoms with Crippen LogP contribution in [0.3, 0.4) is 0 Å². The van der Waals surface area contributed by atoms with E-state index in [4.69, 9.17) is 18.9 Å². The van der Waals surface area contributed by atoms with E-state index in [9.17, 15) is 19.2 Å². The summed E-state index contributed by atoms with van der Waals surface area (Å²) < 4.78 is 24.2. The lowest BCUT2D eigenvalue weighted by molar-refractivity contribution is -0.144. The number of nitrogens with one attached hydrogen (secondary N) is 1. The molecule has 0 aromatic heterocycles. The van der Waals surface area contributed by atoms with Crippen LogP contribution < -0.4 is 5.32 Å². The molecule has 0 spiro atoms. The number of carbonyl (C=O) groups excluding carboxylic acids is 4. The molecule has 0 aromatic rings. The molecule has 0 aliphatic heterocycles. The van der Waals surface area contributed by atoms with E-state index in [1.807, 2.05) is 0 Å². The molecule has 0 aliphatic rings. The average molecular weight is 391 g/mol. The van der Waals surface area contributed by atoms with Crippen molar-refractivity contribution in [3.8, 4) is 0 Å². The van der Waals surface area contributed by atoms with Crippen LogP contribution in [-0.2, 0) is 33.3 Å². The molecule has 156 valence electrons. The highest BCUT2D eigenvalue weighted by Gasteiger charge is 2.40. The van der Waals surface area contributed by atoms with E-state index in [2.05, 4.69) is 10.1 Å². The van der Waals surface area contributed by atoms with Gasteiger partial charge in [0.25, 0.3) is 5.91 Å². The third-order valence-electron chi connectivity index (χ3n) is 3.18. The minimum atomic E-state index is -1.33. The standard InChI is InChI=1S/C17H29NO9/c1-6-23-12(19)9-10-18-14(20)13(27-16(22)25-8-3)17(4,5)11-26-15(21)24-7-2/h13H,6-11H2,1-5H3,(H,18,20). The van der Waals surface area contributed by atoms with Crippen LogP contribution in [0.1, 0.15) is 41.0 Å². The van der Waals surface area contributed by atoms with E-state index >= 15 is 0 Å². The maximum atomic E-state index is 12.5. The Morgan fingerprint density at radius 1 is 0.852 bits per heavy atom. The van der Waals surface area contributed by atoms with Crippen LogP contribution >= 0.6 is 0 Å². The zero-order chi connectivity index (χ0) is 20.9. The maximum Gasteiger partial charge on any atom is 0.509 e. The second-order valence-electron chi connectivity index (χ2n) is 5.99. The molecule has 0 rings (SSSR count). The predicted molar refractivity (Wildman–Crippen MR) is 92.9 cm³/mol. The molecule has 1 unspecified atom stereocenters. The van der Waals surface area contributed by atoms with E-state index in [-0.39, 0.29) is 39.4 Å². The Kier molecular flexibility index (Phi) is 11.6. The van der Waals surface area contributed by atoms with Gasteiger partial charge in [-0.15, -0.1) is 0 Å². The summed E-state index contributed by atoms with van der Waals surface area (Å²) in [6.45, 7) is 8.21. The molecule has 0 bridgehead atoms. The largest absolute Gasteiger partial charge is 0.509 e. The molecule has 10 nitrogen and oxygen atoms in total. The second-order valence-corrected chi connectivity index (χ2v) is 5.99. The summed E-state index contributed by atoms with van der Waals surface area (Å²) in [7, 11) is 0. The van der Waals surface area contributed by atoms with Gasteiger partial charge < -0.3 is 29.0 Å². The van der Waals surface area contributed by atoms with Crippen LogP contribution in [0, 0.1) is 5.41 Å². The van der Waals surface area contributed by atoms with Crippen LogP contribution in [-0.4, -0.2) is 63.3 Å². The summed E-state index contributed by atoms with van der Waals surface area (Å²) in [5.41, 5.74) is -1.09. The summed E-state index contributed by atoms with van der Waals surface area (Å²) in [6.07, 6.45) is -3.30. The number of ether oxygens (including phenoxy) is 5. The smallest absolute Gasteiger partial charge is 0.466 e. The third kappa shape index (κ3) is 10.3. The van der Waals surface area contributed by atoms with E-state index in [0.29, 0.717) is 0 Å². The summed E-state index contributed by atoms with van der Waals surface area (Å²) in [5.74, 6) is -1.13. The fourth-order valence-corrected chi connectivity index (χ4v) is 1.91. The summed E-state index contributed by atoms with van der Waals surface area (Å²) in [4.78, 5) is 46.9. The maximum absolute atomic E-state index is 12.5. The summed E-state index contributed by atoms with van der Waals surface area (Å²) in [6, 6.07) is 0. The van der Waals surface area contributed by atoms with Crippen molar-refractivity contribution >= 4 is 24.2 Å². The minimum absolute atomic E-state index is 0.00480. The van der Waals surface area contributed by atoms with Crippen molar-refractivity contribution in [2.24, 2.45) is 5.41 Å². The Morgan fingerprint density at radius 3 is 1.96 bits per heavy atom. The molecule has 0 aliphatic carbocycles. The van der Waals surface area contributed by atoms with Crippen molar-refractivity contribution in [2.75, 3.05) is 33.0 Å². The molecule has 0 heterocycles. The average Bonchev–Trinajstić information content (AvgIpc) is 2.58. The highest BCUT2D eigenvalue weighted by Crippen LogP contribution is 2.25. The van der Waals surface area contributed by atoms with Crippen molar-refractivity contribution < 1.29 is 42.9 Å². The molecule has 0 fully saturated rings. The van der Waals surface area contributed by atoms with Gasteiger partial charge in [0.05, 0.1) is 26.2 Å². The number of carbonyl (C=O) groups is 4. The molecule has 1 atom stereocenters. The highest BCUT2D eigenvalue weighted by molar-refractivity contribution is 5.84. The van der Waals surface area contributed by atoms with Crippen LogP contribution in [0.25, 0.3) is 0 Å². The Hall–Kier alpha value is -2.52. The van der Waals surface area contributed by atoms with Crippen LogP contribution in [0.5, 0.6) is 0 Å². The topological polar surface area (TPSA) is 126 Å². The monoisotopic (exact) mass is 391 g/mol. The molecule has 0 saturated carbocycles. The first-order chi connectivity index (χ1) is 12.7. The molecule has 0 radical (unpaired) electrons. The quantitative estimate of drug-likeness (QED) is 0.414. The molecular weight excluding hydrogens is 362 g/mol. The lowest BCUT2D eigenvalue weighted by Gasteiger charge is -2.31. The van der Waals surface area contributed by atoms with Crippen LogP contribution in [0.4, 0.5) is 9.59 Å². The Morgan fingerprint density at radius 2 is 1.41 bits per heavy atom. The van der Waals surface area contributed by atoms with Crippen molar-refractivity contribution in [3.05, 3.63) is 0 Å². The third-order valence-corrected chi connectivity index (χ3v) is 3.18. The van der Waals surface area contributed by atoms with Gasteiger partial charge in [0.15, 0.2) is 6.10 Å². The van der Waals surface area contributed by atoms with E-state index in [1.54, 1.807) is 34.6 Å². The molecule has 0 aromatic carbocycles. The van der Waals surface area contributed by atoms with Gasteiger partial charge >= 0.3 is 18.3 Å². The van der Waals surface area contributed by atoms with Gasteiger partial charge in [-0.3, -0.25) is 9.59 Å². The van der Waals surface area contributed by atoms with Crippen LogP contribution in [0.15, 0.2) is 0 Å². The first-order valence-electron chi connectivity index (χ1n) is 8.74. The van der Waals surface area contributed by atoms with Crippen molar-refractivity contribution in [1.29, 1.82) is 0 Å². The van der Waals surface area contributed by atoms with E-state index < -0.39 is 35.7 Å². The number of hydrogen-bond acceptors (Lipinski definition) is 9. The number of amides is 1. The molecule has 27 heavy (non-hydrogen) atoms. The number of hydrogen-bond donors (Lipinski definition) is 1.